The normalized spacial score (nSPS) is 13.2. The average molecular weight is 491 g/mol. The van der Waals surface area contributed by atoms with Gasteiger partial charge in [-0.05, 0) is 49.1 Å². The SMILES string of the molecule is O=C(CSc1nc2ccccc2c(=O)n1CCc1ccc(Cl)cc1Cl)NC(=O)NC1CC1. The second-order valence-electron chi connectivity index (χ2n) is 7.44. The Hall–Kier alpha value is -2.55. The summed E-state index contributed by atoms with van der Waals surface area (Å²) in [4.78, 5) is 41.7. The number of nitrogens with zero attached hydrogens (tertiary/aromatic N) is 2. The van der Waals surface area contributed by atoms with E-state index in [0.29, 0.717) is 39.1 Å². The first-order chi connectivity index (χ1) is 15.4. The Kier molecular flexibility index (Phi) is 7.03. The molecule has 0 saturated heterocycles. The molecule has 7 nitrogen and oxygen atoms in total. The molecule has 3 aromatic rings. The number of nitrogens with one attached hydrogen (secondary N) is 2. The highest BCUT2D eigenvalue weighted by atomic mass is 35.5. The lowest BCUT2D eigenvalue weighted by atomic mass is 10.1. The summed E-state index contributed by atoms with van der Waals surface area (Å²) in [6, 6.07) is 11.9. The number of urea groups is 1. The van der Waals surface area contributed by atoms with E-state index in [-0.39, 0.29) is 17.4 Å². The van der Waals surface area contributed by atoms with Crippen molar-refractivity contribution >= 4 is 57.8 Å². The van der Waals surface area contributed by atoms with Crippen molar-refractivity contribution in [2.75, 3.05) is 5.75 Å². The van der Waals surface area contributed by atoms with Gasteiger partial charge in [0.15, 0.2) is 5.16 Å². The summed E-state index contributed by atoms with van der Waals surface area (Å²) >= 11 is 13.4. The number of amides is 3. The van der Waals surface area contributed by atoms with Gasteiger partial charge in [-0.15, -0.1) is 0 Å². The predicted octanol–water partition coefficient (Wildman–Crippen LogP) is 4.03. The van der Waals surface area contributed by atoms with Gasteiger partial charge in [-0.1, -0.05) is 53.2 Å². The first kappa shape index (κ1) is 22.6. The third-order valence-corrected chi connectivity index (χ3v) is 6.51. The van der Waals surface area contributed by atoms with Crippen LogP contribution in [0.2, 0.25) is 10.0 Å². The van der Waals surface area contributed by atoms with E-state index < -0.39 is 11.9 Å². The molecule has 0 atom stereocenters. The topological polar surface area (TPSA) is 93.1 Å². The zero-order valence-electron chi connectivity index (χ0n) is 16.9. The van der Waals surface area contributed by atoms with E-state index in [1.54, 1.807) is 36.4 Å². The fraction of sp³-hybridized carbons (Fsp3) is 0.273. The molecule has 1 aromatic heterocycles. The molecule has 2 aromatic carbocycles. The van der Waals surface area contributed by atoms with Gasteiger partial charge in [-0.2, -0.15) is 0 Å². The number of carbonyl (C=O) groups excluding carboxylic acids is 2. The lowest BCUT2D eigenvalue weighted by Gasteiger charge is -2.14. The van der Waals surface area contributed by atoms with Gasteiger partial charge >= 0.3 is 6.03 Å². The second kappa shape index (κ2) is 9.94. The molecule has 0 aliphatic heterocycles. The van der Waals surface area contributed by atoms with Gasteiger partial charge < -0.3 is 5.32 Å². The van der Waals surface area contributed by atoms with Crippen molar-refractivity contribution in [1.29, 1.82) is 0 Å². The Balaban J connectivity index is 1.53. The number of para-hydroxylation sites is 1. The van der Waals surface area contributed by atoms with Gasteiger partial charge in [0, 0.05) is 22.6 Å². The molecule has 2 N–H and O–H groups in total. The van der Waals surface area contributed by atoms with Crippen molar-refractivity contribution in [2.45, 2.75) is 37.0 Å². The molecule has 1 heterocycles. The van der Waals surface area contributed by atoms with Crippen LogP contribution in [-0.4, -0.2) is 33.3 Å². The molecule has 3 amide bonds. The van der Waals surface area contributed by atoms with Crippen LogP contribution >= 0.6 is 35.0 Å². The molecule has 1 aliphatic carbocycles. The standard InChI is InChI=1S/C22H20Cl2N4O3S/c23-14-6-5-13(17(24)11-14)9-10-28-20(30)16-3-1-2-4-18(16)26-22(28)32-12-19(29)27-21(31)25-15-7-8-15/h1-6,11,15H,7-10,12H2,(H2,25,27,29,31). The summed E-state index contributed by atoms with van der Waals surface area (Å²) in [6.07, 6.45) is 2.35. The molecular weight excluding hydrogens is 471 g/mol. The lowest BCUT2D eigenvalue weighted by molar-refractivity contribution is -0.117. The fourth-order valence-electron chi connectivity index (χ4n) is 3.15. The molecule has 1 fully saturated rings. The summed E-state index contributed by atoms with van der Waals surface area (Å²) in [5.41, 5.74) is 1.20. The number of thioether (sulfide) groups is 1. The number of imide groups is 1. The molecule has 4 rings (SSSR count). The van der Waals surface area contributed by atoms with Gasteiger partial charge in [0.1, 0.15) is 0 Å². The van der Waals surface area contributed by atoms with Crippen molar-refractivity contribution in [3.8, 4) is 0 Å². The minimum absolute atomic E-state index is 0.0510. The summed E-state index contributed by atoms with van der Waals surface area (Å²) in [6.45, 7) is 0.324. The second-order valence-corrected chi connectivity index (χ2v) is 9.22. The van der Waals surface area contributed by atoms with Crippen LogP contribution in [0.15, 0.2) is 52.4 Å². The number of aryl methyl sites for hydroxylation is 1. The Morgan fingerprint density at radius 3 is 2.69 bits per heavy atom. The molecule has 32 heavy (non-hydrogen) atoms. The number of hydrogen-bond donors (Lipinski definition) is 2. The van der Waals surface area contributed by atoms with Crippen LogP contribution in [0, 0.1) is 0 Å². The number of benzene rings is 2. The lowest BCUT2D eigenvalue weighted by Crippen LogP contribution is -2.41. The molecule has 10 heteroatoms. The van der Waals surface area contributed by atoms with E-state index in [2.05, 4.69) is 15.6 Å². The quantitative estimate of drug-likeness (QED) is 0.385. The van der Waals surface area contributed by atoms with E-state index in [1.807, 2.05) is 6.07 Å². The molecule has 166 valence electrons. The Morgan fingerprint density at radius 2 is 1.94 bits per heavy atom. The number of aromatic nitrogens is 2. The summed E-state index contributed by atoms with van der Waals surface area (Å²) in [5.74, 6) is -0.507. The van der Waals surface area contributed by atoms with E-state index in [0.717, 1.165) is 30.2 Å². The zero-order chi connectivity index (χ0) is 22.7. The maximum Gasteiger partial charge on any atom is 0.321 e. The highest BCUT2D eigenvalue weighted by Gasteiger charge is 2.24. The zero-order valence-corrected chi connectivity index (χ0v) is 19.3. The molecule has 0 unspecified atom stereocenters. The van der Waals surface area contributed by atoms with Crippen molar-refractivity contribution in [1.82, 2.24) is 20.2 Å². The van der Waals surface area contributed by atoms with Gasteiger partial charge in [0.2, 0.25) is 5.91 Å². The fourth-order valence-corrected chi connectivity index (χ4v) is 4.48. The van der Waals surface area contributed by atoms with Gasteiger partial charge in [0.25, 0.3) is 5.56 Å². The number of carbonyl (C=O) groups is 2. The van der Waals surface area contributed by atoms with Crippen LogP contribution in [0.4, 0.5) is 4.79 Å². The highest BCUT2D eigenvalue weighted by Crippen LogP contribution is 2.23. The maximum atomic E-state index is 13.2. The Morgan fingerprint density at radius 1 is 1.16 bits per heavy atom. The average Bonchev–Trinajstić information content (AvgIpc) is 3.56. The van der Waals surface area contributed by atoms with Crippen LogP contribution in [0.3, 0.4) is 0 Å². The van der Waals surface area contributed by atoms with Crippen LogP contribution in [0.1, 0.15) is 18.4 Å². The first-order valence-electron chi connectivity index (χ1n) is 10.1. The molecule has 1 saturated carbocycles. The predicted molar refractivity (Wildman–Crippen MR) is 127 cm³/mol. The Bertz CT molecular complexity index is 1240. The molecule has 1 aliphatic rings. The van der Waals surface area contributed by atoms with E-state index in [1.165, 1.54) is 4.57 Å². The minimum Gasteiger partial charge on any atom is -0.335 e. The Labute approximate surface area is 198 Å². The van der Waals surface area contributed by atoms with Crippen molar-refractivity contribution in [2.24, 2.45) is 0 Å². The summed E-state index contributed by atoms with van der Waals surface area (Å²) < 4.78 is 1.54. The van der Waals surface area contributed by atoms with Crippen molar-refractivity contribution < 1.29 is 9.59 Å². The third kappa shape index (κ3) is 5.62. The first-order valence-corrected chi connectivity index (χ1v) is 11.8. The summed E-state index contributed by atoms with van der Waals surface area (Å²) in [5, 5.41) is 6.96. The van der Waals surface area contributed by atoms with Gasteiger partial charge in [-0.3, -0.25) is 19.5 Å². The minimum atomic E-state index is -0.501. The van der Waals surface area contributed by atoms with Crippen molar-refractivity contribution in [3.63, 3.8) is 0 Å². The van der Waals surface area contributed by atoms with Gasteiger partial charge in [0.05, 0.1) is 16.7 Å². The number of fused-ring (bicyclic) bond motifs is 1. The summed E-state index contributed by atoms with van der Waals surface area (Å²) in [7, 11) is 0. The molecular formula is C22H20Cl2N4O3S. The van der Waals surface area contributed by atoms with Gasteiger partial charge in [-0.25, -0.2) is 9.78 Å². The van der Waals surface area contributed by atoms with Crippen molar-refractivity contribution in [3.05, 3.63) is 68.4 Å². The number of hydrogen-bond acceptors (Lipinski definition) is 5. The molecule has 0 bridgehead atoms. The van der Waals surface area contributed by atoms with Crippen LogP contribution < -0.4 is 16.2 Å². The third-order valence-electron chi connectivity index (χ3n) is 4.94. The van der Waals surface area contributed by atoms with E-state index in [4.69, 9.17) is 23.2 Å². The molecule has 0 radical (unpaired) electrons. The monoisotopic (exact) mass is 490 g/mol. The molecule has 0 spiro atoms. The van der Waals surface area contributed by atoms with Crippen LogP contribution in [-0.2, 0) is 17.8 Å². The smallest absolute Gasteiger partial charge is 0.321 e. The van der Waals surface area contributed by atoms with E-state index in [9.17, 15) is 14.4 Å². The highest BCUT2D eigenvalue weighted by molar-refractivity contribution is 7.99. The van der Waals surface area contributed by atoms with Crippen LogP contribution in [0.25, 0.3) is 10.9 Å². The maximum absolute atomic E-state index is 13.2. The number of halogens is 2. The van der Waals surface area contributed by atoms with E-state index >= 15 is 0 Å². The van der Waals surface area contributed by atoms with Crippen LogP contribution in [0.5, 0.6) is 0 Å². The largest absolute Gasteiger partial charge is 0.335 e. The number of rotatable bonds is 7.